The topological polar surface area (TPSA) is 127 Å². The van der Waals surface area contributed by atoms with Crippen molar-refractivity contribution >= 4 is 11.9 Å². The quantitative estimate of drug-likeness (QED) is 0.471. The van der Waals surface area contributed by atoms with Crippen molar-refractivity contribution in [3.8, 4) is 0 Å². The molecule has 0 aliphatic heterocycles. The second kappa shape index (κ2) is 29.4. The van der Waals surface area contributed by atoms with Crippen molar-refractivity contribution < 1.29 is 30.0 Å². The van der Waals surface area contributed by atoms with E-state index in [2.05, 4.69) is 19.2 Å². The van der Waals surface area contributed by atoms with E-state index in [1.807, 2.05) is 0 Å². The molecule has 0 aromatic rings. The summed E-state index contributed by atoms with van der Waals surface area (Å²) in [7, 11) is 0. The van der Waals surface area contributed by atoms with E-state index < -0.39 is 11.9 Å². The number of aliphatic hydroxyl groups excluding tert-OH is 2. The lowest BCUT2D eigenvalue weighted by molar-refractivity contribution is -0.135. The van der Waals surface area contributed by atoms with Crippen LogP contribution in [0.4, 0.5) is 0 Å². The molecule has 0 aliphatic carbocycles. The van der Waals surface area contributed by atoms with Crippen LogP contribution >= 0.6 is 0 Å². The Bertz CT molecular complexity index is 128. The van der Waals surface area contributed by atoms with Gasteiger partial charge in [0.05, 0.1) is 13.2 Å². The summed E-state index contributed by atoms with van der Waals surface area (Å²) in [6, 6.07) is 0. The molecule has 0 aliphatic rings. The Morgan fingerprint density at radius 1 is 0.882 bits per heavy atom. The van der Waals surface area contributed by atoms with E-state index in [1.165, 1.54) is 0 Å². The lowest BCUT2D eigenvalue weighted by Gasteiger charge is -1.86. The molecule has 0 unspecified atom stereocenters. The summed E-state index contributed by atoms with van der Waals surface area (Å²) < 4.78 is 0. The molecular weight excluding hydrogens is 230 g/mol. The average molecular weight is 255 g/mol. The third kappa shape index (κ3) is 735. The normalized spacial score (nSPS) is 7.18. The van der Waals surface area contributed by atoms with Crippen molar-refractivity contribution in [1.29, 1.82) is 0 Å². The molecule has 7 heteroatoms. The number of carboxylic acid groups (broad SMARTS) is 2. The zero-order valence-electron chi connectivity index (χ0n) is 10.9. The highest BCUT2D eigenvalue weighted by Crippen LogP contribution is 1.47. The van der Waals surface area contributed by atoms with E-state index in [9.17, 15) is 0 Å². The van der Waals surface area contributed by atoms with E-state index in [0.29, 0.717) is 0 Å². The predicted octanol–water partition coefficient (Wildman–Crippen LogP) is -0.231. The van der Waals surface area contributed by atoms with Crippen LogP contribution < -0.4 is 5.32 Å². The van der Waals surface area contributed by atoms with Gasteiger partial charge in [-0.15, -0.1) is 0 Å². The zero-order valence-corrected chi connectivity index (χ0v) is 10.9. The molecule has 0 spiro atoms. The van der Waals surface area contributed by atoms with Gasteiger partial charge in [-0.25, -0.2) is 0 Å². The number of rotatable bonds is 3. The molecule has 0 aromatic heterocycles. The number of hydrogen-bond donors (Lipinski definition) is 5. The average Bonchev–Trinajstić information content (AvgIpc) is 2.18. The Kier molecular flexibility index (Phi) is 42.9. The van der Waals surface area contributed by atoms with Crippen molar-refractivity contribution in [2.75, 3.05) is 26.3 Å². The molecule has 0 fully saturated rings. The van der Waals surface area contributed by atoms with Crippen LogP contribution in [0.5, 0.6) is 0 Å². The minimum atomic E-state index is -0.833. The molecule has 0 amide bonds. The summed E-state index contributed by atoms with van der Waals surface area (Å²) in [6.07, 6.45) is 0. The SMILES string of the molecule is CC(=O)O.CC(=O)O.CCNCC.OCCO. The van der Waals surface area contributed by atoms with E-state index in [-0.39, 0.29) is 13.2 Å². The van der Waals surface area contributed by atoms with Crippen LogP contribution in [-0.2, 0) is 9.59 Å². The van der Waals surface area contributed by atoms with Crippen molar-refractivity contribution in [3.63, 3.8) is 0 Å². The molecule has 0 bridgehead atoms. The van der Waals surface area contributed by atoms with Crippen molar-refractivity contribution in [2.45, 2.75) is 27.7 Å². The Balaban J connectivity index is -0.0000000667. The maximum Gasteiger partial charge on any atom is 0.300 e. The predicted molar refractivity (Wildman–Crippen MR) is 65.0 cm³/mol. The first-order valence-electron chi connectivity index (χ1n) is 5.11. The third-order valence-electron chi connectivity index (χ3n) is 0.600. The number of hydrogen-bond acceptors (Lipinski definition) is 5. The number of carbonyl (C=O) groups is 2. The van der Waals surface area contributed by atoms with Crippen LogP contribution in [-0.4, -0.2) is 58.7 Å². The Morgan fingerprint density at radius 2 is 1.06 bits per heavy atom. The van der Waals surface area contributed by atoms with Crippen LogP contribution in [0.2, 0.25) is 0 Å². The molecule has 0 aromatic carbocycles. The van der Waals surface area contributed by atoms with Gasteiger partial charge in [0.1, 0.15) is 0 Å². The largest absolute Gasteiger partial charge is 0.481 e. The van der Waals surface area contributed by atoms with Crippen LogP contribution in [0.15, 0.2) is 0 Å². The lowest BCUT2D eigenvalue weighted by atomic mass is 10.7. The molecular formula is C10H25NO6. The summed E-state index contributed by atoms with van der Waals surface area (Å²) >= 11 is 0. The van der Waals surface area contributed by atoms with Crippen LogP contribution in [0.1, 0.15) is 27.7 Å². The summed E-state index contributed by atoms with van der Waals surface area (Å²) in [4.78, 5) is 18.0. The monoisotopic (exact) mass is 255 g/mol. The van der Waals surface area contributed by atoms with Crippen molar-refractivity contribution in [1.82, 2.24) is 5.32 Å². The van der Waals surface area contributed by atoms with Gasteiger partial charge in [-0.1, -0.05) is 13.8 Å². The maximum atomic E-state index is 9.00. The minimum Gasteiger partial charge on any atom is -0.481 e. The molecule has 17 heavy (non-hydrogen) atoms. The molecule has 7 nitrogen and oxygen atoms in total. The zero-order chi connectivity index (χ0) is 14.7. The molecule has 0 heterocycles. The van der Waals surface area contributed by atoms with Crippen LogP contribution in [0, 0.1) is 0 Å². The minimum absolute atomic E-state index is 0.125. The first-order chi connectivity index (χ1) is 7.79. The molecule has 0 radical (unpaired) electrons. The van der Waals surface area contributed by atoms with Gasteiger partial charge in [-0.05, 0) is 13.1 Å². The Labute approximate surface area is 102 Å². The van der Waals surface area contributed by atoms with Crippen molar-refractivity contribution in [3.05, 3.63) is 0 Å². The standard InChI is InChI=1S/C4H11N.2C2H4O2.C2H6O2/c1-3-5-4-2;2*1-2(3)4;3-1-2-4/h5H,3-4H2,1-2H3;2*1H3,(H,3,4);3-4H,1-2H2. The molecule has 0 saturated heterocycles. The van der Waals surface area contributed by atoms with Crippen LogP contribution in [0.3, 0.4) is 0 Å². The summed E-state index contributed by atoms with van der Waals surface area (Å²) in [5, 5.41) is 33.2. The second-order valence-electron chi connectivity index (χ2n) is 2.44. The second-order valence-corrected chi connectivity index (χ2v) is 2.44. The lowest BCUT2D eigenvalue weighted by Crippen LogP contribution is -2.09. The summed E-state index contributed by atoms with van der Waals surface area (Å²) in [5.74, 6) is -1.67. The fourth-order valence-electron chi connectivity index (χ4n) is 0.250. The van der Waals surface area contributed by atoms with E-state index in [1.54, 1.807) is 0 Å². The summed E-state index contributed by atoms with van der Waals surface area (Å²) in [5.41, 5.74) is 0. The molecule has 0 saturated carbocycles. The smallest absolute Gasteiger partial charge is 0.300 e. The van der Waals surface area contributed by atoms with Gasteiger partial charge in [-0.2, -0.15) is 0 Å². The number of carboxylic acids is 2. The Hall–Kier alpha value is -1.18. The number of aliphatic carboxylic acids is 2. The number of nitrogens with one attached hydrogen (secondary N) is 1. The van der Waals surface area contributed by atoms with Crippen molar-refractivity contribution in [2.24, 2.45) is 0 Å². The number of aliphatic hydroxyl groups is 2. The fourth-order valence-corrected chi connectivity index (χ4v) is 0.250. The molecule has 0 atom stereocenters. The van der Waals surface area contributed by atoms with Gasteiger partial charge in [-0.3, -0.25) is 9.59 Å². The van der Waals surface area contributed by atoms with E-state index in [4.69, 9.17) is 30.0 Å². The van der Waals surface area contributed by atoms with Gasteiger partial charge < -0.3 is 25.7 Å². The van der Waals surface area contributed by atoms with Gasteiger partial charge in [0.25, 0.3) is 11.9 Å². The molecule has 106 valence electrons. The summed E-state index contributed by atoms with van der Waals surface area (Å²) in [6.45, 7) is 8.31. The van der Waals surface area contributed by atoms with Crippen LogP contribution in [0.25, 0.3) is 0 Å². The van der Waals surface area contributed by atoms with Gasteiger partial charge >= 0.3 is 0 Å². The highest BCUT2D eigenvalue weighted by atomic mass is 16.4. The first-order valence-corrected chi connectivity index (χ1v) is 5.11. The van der Waals surface area contributed by atoms with Gasteiger partial charge in [0, 0.05) is 13.8 Å². The first kappa shape index (κ1) is 24.9. The fraction of sp³-hybridized carbons (Fsp3) is 0.800. The highest BCUT2D eigenvalue weighted by molar-refractivity contribution is 5.63. The van der Waals surface area contributed by atoms with Gasteiger partial charge in [0.15, 0.2) is 0 Å². The highest BCUT2D eigenvalue weighted by Gasteiger charge is 1.66. The Morgan fingerprint density at radius 3 is 1.06 bits per heavy atom. The molecule has 0 rings (SSSR count). The van der Waals surface area contributed by atoms with Gasteiger partial charge in [0.2, 0.25) is 0 Å². The van der Waals surface area contributed by atoms with E-state index in [0.717, 1.165) is 26.9 Å². The molecule has 5 N–H and O–H groups in total. The maximum absolute atomic E-state index is 9.00. The van der Waals surface area contributed by atoms with E-state index >= 15 is 0 Å². The third-order valence-corrected chi connectivity index (χ3v) is 0.600.